The number of hydrogen-bond donors (Lipinski definition) is 4. The quantitative estimate of drug-likeness (QED) is 0.0260. The number of nitrogens with one attached hydrogen (secondary N) is 1. The summed E-state index contributed by atoms with van der Waals surface area (Å²) in [6.45, 7) is 0.394. The molecule has 6 heterocycles. The summed E-state index contributed by atoms with van der Waals surface area (Å²) in [4.78, 5) is 13.5. The fraction of sp³-hybridized carbons (Fsp3) is 0.387. The van der Waals surface area contributed by atoms with Crippen molar-refractivity contribution < 1.29 is 119 Å². The van der Waals surface area contributed by atoms with Gasteiger partial charge in [0.15, 0.2) is 49.6 Å². The minimum atomic E-state index is -4.80. The smallest absolute Gasteiger partial charge is 0.493 e. The van der Waals surface area contributed by atoms with Gasteiger partial charge in [0.25, 0.3) is 0 Å². The Hall–Kier alpha value is -9.06. The van der Waals surface area contributed by atoms with Crippen molar-refractivity contribution in [1.82, 2.24) is 4.72 Å². The number of aliphatic hydroxyl groups is 3. The van der Waals surface area contributed by atoms with Crippen molar-refractivity contribution in [3.8, 4) is 0 Å². The molecular formula is C93H101NO25S. The van der Waals surface area contributed by atoms with Crippen LogP contribution in [0.4, 0.5) is 4.79 Å². The van der Waals surface area contributed by atoms with Gasteiger partial charge in [-0.05, 0) is 69.6 Å². The molecule has 5 fully saturated rings. The Bertz CT molecular complexity index is 4670. The van der Waals surface area contributed by atoms with Gasteiger partial charge >= 0.3 is 6.16 Å². The molecule has 6 aliphatic heterocycles. The number of fused-ring (bicyclic) bond motifs is 1. The molecule has 27 heteroatoms. The maximum Gasteiger partial charge on any atom is 0.509 e. The lowest BCUT2D eigenvalue weighted by Crippen LogP contribution is -2.70. The van der Waals surface area contributed by atoms with E-state index in [1.54, 1.807) is 25.3 Å². The summed E-state index contributed by atoms with van der Waals surface area (Å²) >= 11 is 0. The number of benzene rings is 9. The van der Waals surface area contributed by atoms with E-state index in [4.69, 9.17) is 90.0 Å². The van der Waals surface area contributed by atoms with Gasteiger partial charge in [-0.15, -0.1) is 0 Å². The third-order valence-electron chi connectivity index (χ3n) is 21.6. The minimum Gasteiger partial charge on any atom is -0.493 e. The molecule has 5 saturated heterocycles. The predicted molar refractivity (Wildman–Crippen MR) is 432 cm³/mol. The molecule has 0 spiro atoms. The van der Waals surface area contributed by atoms with E-state index in [0.717, 1.165) is 38.9 Å². The van der Waals surface area contributed by atoms with Gasteiger partial charge < -0.3 is 105 Å². The molecule has 23 atom stereocenters. The van der Waals surface area contributed by atoms with Gasteiger partial charge in [-0.1, -0.05) is 261 Å². The summed E-state index contributed by atoms with van der Waals surface area (Å²) < 4.78 is 165. The number of hydrogen-bond acceptors (Lipinski definition) is 25. The summed E-state index contributed by atoms with van der Waals surface area (Å²) in [5, 5.41) is 36.3. The third kappa shape index (κ3) is 22.4. The lowest BCUT2D eigenvalue weighted by Gasteiger charge is -2.51. The highest BCUT2D eigenvalue weighted by molar-refractivity contribution is 7.89. The molecule has 26 nitrogen and oxygen atoms in total. The zero-order valence-corrected chi connectivity index (χ0v) is 66.9. The summed E-state index contributed by atoms with van der Waals surface area (Å²) in [5.41, 5.74) is 6.56. The average molecular weight is 1660 g/mol. The van der Waals surface area contributed by atoms with Crippen molar-refractivity contribution in [3.63, 3.8) is 0 Å². The highest BCUT2D eigenvalue weighted by Crippen LogP contribution is 2.42. The number of ether oxygens (including phenoxy) is 19. The lowest BCUT2D eigenvalue weighted by atomic mass is 9.94. The van der Waals surface area contributed by atoms with Crippen molar-refractivity contribution >= 4 is 16.2 Å². The van der Waals surface area contributed by atoms with Crippen LogP contribution in [-0.2, 0) is 153 Å². The van der Waals surface area contributed by atoms with Crippen molar-refractivity contribution in [2.24, 2.45) is 0 Å². The molecule has 120 heavy (non-hydrogen) atoms. The van der Waals surface area contributed by atoms with Gasteiger partial charge in [0.2, 0.25) is 10.0 Å². The lowest BCUT2D eigenvalue weighted by molar-refractivity contribution is -0.389. The summed E-state index contributed by atoms with van der Waals surface area (Å²) in [6, 6.07) is 81.7. The molecule has 0 aromatic heterocycles. The van der Waals surface area contributed by atoms with Crippen LogP contribution < -0.4 is 4.72 Å². The first-order chi connectivity index (χ1) is 58.9. The standard InChI is InChI=1S/C93H101NO25S/c1-61-78(105-54-65-35-17-5-18-36-65)83(107-56-67-39-21-7-22-40-67)86(108-57-68-41-23-8-24-42-68)90(110-61)117-88-85-81(118-93(98)119-85)73(50-96)112-92(88)115-82-76(94-120(99,100)70-45-27-10-28-46-70)89(111-72(49-95)77(82)97)116-84-80(106-55-66-37-19-6-20-38-66)75(60-102-52-63-31-13-3-14-32-63)113-91(87(84)109-58-69-43-25-9-26-44-69)114-79-71(104-53-64-33-15-4-16-34-64)47-48-103-74(79)59-101-51-62-29-11-2-12-30-62/h2-48,61,71-92,94-97H,49-60H2,1H3/t61-,71+,72+,73+,74+,75+,76+,77-,78+,79+,80-,81-,82+,83+,84-,85-,86-,87+,88+,89?,90-,91+,92-/m0/s1. The van der Waals surface area contributed by atoms with E-state index in [1.807, 2.05) is 243 Å². The molecule has 0 bridgehead atoms. The zero-order valence-electron chi connectivity index (χ0n) is 66.1. The van der Waals surface area contributed by atoms with Crippen LogP contribution >= 0.6 is 0 Å². The number of carbonyl (C=O) groups is 1. The van der Waals surface area contributed by atoms with Crippen LogP contribution in [0.25, 0.3) is 0 Å². The van der Waals surface area contributed by atoms with E-state index >= 15 is 8.42 Å². The highest BCUT2D eigenvalue weighted by Gasteiger charge is 2.62. The number of sulfonamides is 1. The van der Waals surface area contributed by atoms with Crippen molar-refractivity contribution in [3.05, 3.63) is 330 Å². The monoisotopic (exact) mass is 1660 g/mol. The maximum absolute atomic E-state index is 15.6. The first-order valence-electron chi connectivity index (χ1n) is 40.4. The van der Waals surface area contributed by atoms with E-state index in [1.165, 1.54) is 24.3 Å². The van der Waals surface area contributed by atoms with E-state index in [-0.39, 0.29) is 71.0 Å². The molecular weight excluding hydrogens is 1560 g/mol. The van der Waals surface area contributed by atoms with Crippen LogP contribution in [0.5, 0.6) is 0 Å². The first kappa shape index (κ1) is 85.9. The number of aliphatic hydroxyl groups excluding tert-OH is 3. The Balaban J connectivity index is 0.834. The Morgan fingerprint density at radius 3 is 1.19 bits per heavy atom. The van der Waals surface area contributed by atoms with Gasteiger partial charge in [-0.25, -0.2) is 17.9 Å². The highest BCUT2D eigenvalue weighted by atomic mass is 32.2. The van der Waals surface area contributed by atoms with Crippen LogP contribution in [0, 0.1) is 0 Å². The van der Waals surface area contributed by atoms with Gasteiger partial charge in [0.05, 0.1) is 96.5 Å². The molecule has 1 unspecified atom stereocenters. The molecule has 0 radical (unpaired) electrons. The van der Waals surface area contributed by atoms with Gasteiger partial charge in [-0.2, -0.15) is 0 Å². The second-order valence-electron chi connectivity index (χ2n) is 30.0. The second kappa shape index (κ2) is 42.6. The molecule has 0 aliphatic carbocycles. The van der Waals surface area contributed by atoms with Gasteiger partial charge in [0.1, 0.15) is 85.4 Å². The van der Waals surface area contributed by atoms with Gasteiger partial charge in [0, 0.05) is 0 Å². The molecule has 6 aliphatic rings. The van der Waals surface area contributed by atoms with Gasteiger partial charge in [-0.3, -0.25) is 0 Å². The molecule has 9 aromatic rings. The summed E-state index contributed by atoms with van der Waals surface area (Å²) in [6.07, 6.45) is -28.4. The molecule has 0 saturated carbocycles. The normalized spacial score (nSPS) is 29.9. The zero-order chi connectivity index (χ0) is 82.4. The van der Waals surface area contributed by atoms with Crippen LogP contribution in [-0.4, -0.2) is 197 Å². The average Bonchev–Trinajstić information content (AvgIpc) is 1.46. The van der Waals surface area contributed by atoms with E-state index in [9.17, 15) is 20.1 Å². The van der Waals surface area contributed by atoms with Crippen LogP contribution in [0.2, 0.25) is 0 Å². The third-order valence-corrected chi connectivity index (χ3v) is 23.1. The Morgan fingerprint density at radius 1 is 0.350 bits per heavy atom. The number of rotatable bonds is 39. The summed E-state index contributed by atoms with van der Waals surface area (Å²) in [5.74, 6) is 0. The van der Waals surface area contributed by atoms with Crippen molar-refractivity contribution in [1.29, 1.82) is 0 Å². The SMILES string of the molecule is C[C@@H]1O[C@@H](O[C@H]2[C@H](O[C@H]3[C@@H](O)[C@@H](CO)OC(O[C@H]4[C@@H](OCc5ccccc5)[C@@H](COCc5ccccc5)O[C@H](O[C@@H]5[C@H](OCc6ccccc6)C=CO[C@@H]5COCc5ccccc5)[C@@H]4OCc4ccccc4)[C@@H]3NS(=O)(=O)c3ccccc3)O[C@H](CO)[C@@H]3OC(=O)O[C@@H]32)[C@@H](OCc2ccccc2)[C@H](OCc2ccccc2)[C@@H]1OCc1ccccc1. The molecule has 15 rings (SSSR count). The van der Waals surface area contributed by atoms with Crippen LogP contribution in [0.1, 0.15) is 51.4 Å². The van der Waals surface area contributed by atoms with E-state index < -0.39 is 170 Å². The maximum atomic E-state index is 15.6. The molecule has 0 amide bonds. The molecule has 634 valence electrons. The number of carbonyl (C=O) groups excluding carboxylic acids is 1. The Morgan fingerprint density at radius 2 is 0.708 bits per heavy atom. The van der Waals surface area contributed by atoms with E-state index in [0.29, 0.717) is 5.56 Å². The van der Waals surface area contributed by atoms with Crippen LogP contribution in [0.3, 0.4) is 0 Å². The summed E-state index contributed by atoms with van der Waals surface area (Å²) in [7, 11) is -4.80. The Labute approximate surface area is 697 Å². The van der Waals surface area contributed by atoms with Crippen molar-refractivity contribution in [2.45, 2.75) is 206 Å². The fourth-order valence-corrected chi connectivity index (χ4v) is 16.7. The van der Waals surface area contributed by atoms with Crippen LogP contribution in [0.15, 0.2) is 290 Å². The Kier molecular flexibility index (Phi) is 30.5. The predicted octanol–water partition coefficient (Wildman–Crippen LogP) is 10.9. The largest absolute Gasteiger partial charge is 0.509 e. The second-order valence-corrected chi connectivity index (χ2v) is 31.8. The topological polar surface area (TPSA) is 299 Å². The van der Waals surface area contributed by atoms with E-state index in [2.05, 4.69) is 4.72 Å². The first-order valence-corrected chi connectivity index (χ1v) is 41.9. The van der Waals surface area contributed by atoms with Crippen molar-refractivity contribution in [2.75, 3.05) is 26.4 Å². The minimum absolute atomic E-state index is 0.00254. The molecule has 4 N–H and O–H groups in total. The molecule has 9 aromatic carbocycles. The fourth-order valence-electron chi connectivity index (χ4n) is 15.5.